The predicted molar refractivity (Wildman–Crippen MR) is 82.1 cm³/mol. The van der Waals surface area contributed by atoms with Gasteiger partial charge in [-0.25, -0.2) is 4.79 Å². The highest BCUT2D eigenvalue weighted by Gasteiger charge is 2.69. The van der Waals surface area contributed by atoms with Gasteiger partial charge in [-0.2, -0.15) is 0 Å². The maximum absolute atomic E-state index is 12.3. The first-order chi connectivity index (χ1) is 10.4. The van der Waals surface area contributed by atoms with E-state index in [1.54, 1.807) is 12.1 Å². The van der Waals surface area contributed by atoms with Gasteiger partial charge in [0.25, 0.3) is 0 Å². The zero-order chi connectivity index (χ0) is 15.5. The van der Waals surface area contributed by atoms with Gasteiger partial charge in [0.1, 0.15) is 0 Å². The van der Waals surface area contributed by atoms with Crippen LogP contribution >= 0.6 is 0 Å². The van der Waals surface area contributed by atoms with Crippen molar-refractivity contribution in [1.29, 1.82) is 0 Å². The number of hydrogen-bond donors (Lipinski definition) is 2. The van der Waals surface area contributed by atoms with E-state index in [0.29, 0.717) is 18.9 Å². The van der Waals surface area contributed by atoms with Crippen LogP contribution in [0.3, 0.4) is 0 Å². The molecule has 2 atom stereocenters. The monoisotopic (exact) mass is 300 g/mol. The van der Waals surface area contributed by atoms with Crippen LogP contribution in [0.1, 0.15) is 42.6 Å². The average molecular weight is 300 g/mol. The summed E-state index contributed by atoms with van der Waals surface area (Å²) < 4.78 is 5.75. The van der Waals surface area contributed by atoms with Gasteiger partial charge in [0.2, 0.25) is 0 Å². The number of nitrogens with one attached hydrogen (secondary N) is 2. The largest absolute Gasteiger partial charge is 0.373 e. The van der Waals surface area contributed by atoms with E-state index in [-0.39, 0.29) is 23.0 Å². The number of rotatable bonds is 2. The lowest BCUT2D eigenvalue weighted by atomic mass is 9.96. The lowest BCUT2D eigenvalue weighted by Gasteiger charge is -2.31. The van der Waals surface area contributed by atoms with Crippen LogP contribution in [-0.4, -0.2) is 29.6 Å². The Hall–Kier alpha value is -1.88. The number of anilines is 1. The Bertz CT molecular complexity index is 682. The summed E-state index contributed by atoms with van der Waals surface area (Å²) in [6, 6.07) is 5.30. The van der Waals surface area contributed by atoms with Crippen LogP contribution in [0.5, 0.6) is 0 Å². The quantitative estimate of drug-likeness (QED) is 0.882. The standard InChI is InChI=1S/C17H20N2O3/c1-16(2)17(8-11(17)9-22-16)19-15(21)18-12-4-5-13-10(7-12)3-6-14(13)20/h4-5,7,11H,3,6,8-9H2,1-2H3,(H2,18,19,21). The van der Waals surface area contributed by atoms with Gasteiger partial charge in [-0.1, -0.05) is 0 Å². The number of ketones is 1. The van der Waals surface area contributed by atoms with Gasteiger partial charge in [0.15, 0.2) is 5.78 Å². The van der Waals surface area contributed by atoms with Crippen LogP contribution < -0.4 is 10.6 Å². The summed E-state index contributed by atoms with van der Waals surface area (Å²) in [6.07, 6.45) is 2.31. The molecule has 0 spiro atoms. The van der Waals surface area contributed by atoms with Gasteiger partial charge in [0, 0.05) is 23.6 Å². The van der Waals surface area contributed by atoms with E-state index in [0.717, 1.165) is 29.7 Å². The van der Waals surface area contributed by atoms with Crippen molar-refractivity contribution >= 4 is 17.5 Å². The van der Waals surface area contributed by atoms with Crippen molar-refractivity contribution in [3.8, 4) is 0 Å². The fourth-order valence-corrected chi connectivity index (χ4v) is 3.91. The number of ether oxygens (including phenoxy) is 1. The molecule has 5 heteroatoms. The van der Waals surface area contributed by atoms with Gasteiger partial charge in [0.05, 0.1) is 17.7 Å². The van der Waals surface area contributed by atoms with Crippen LogP contribution in [0, 0.1) is 5.92 Å². The molecular weight excluding hydrogens is 280 g/mol. The number of amides is 2. The maximum atomic E-state index is 12.3. The number of benzene rings is 1. The SMILES string of the molecule is CC1(C)OCC2CC21NC(=O)Nc1ccc2c(c1)CCC2=O. The molecule has 2 unspecified atom stereocenters. The Labute approximate surface area is 129 Å². The molecule has 3 aliphatic rings. The van der Waals surface area contributed by atoms with Crippen molar-refractivity contribution in [2.45, 2.75) is 44.2 Å². The number of hydrogen-bond acceptors (Lipinski definition) is 3. The van der Waals surface area contributed by atoms with Gasteiger partial charge in [-0.3, -0.25) is 4.79 Å². The molecule has 1 aliphatic heterocycles. The zero-order valence-corrected chi connectivity index (χ0v) is 12.9. The number of Topliss-reactive ketones (excluding diaryl/α,β-unsaturated/α-hetero) is 1. The van der Waals surface area contributed by atoms with E-state index >= 15 is 0 Å². The molecule has 2 aliphatic carbocycles. The Kier molecular flexibility index (Phi) is 2.70. The van der Waals surface area contributed by atoms with Gasteiger partial charge >= 0.3 is 6.03 Å². The van der Waals surface area contributed by atoms with E-state index in [4.69, 9.17) is 4.74 Å². The molecule has 1 aromatic rings. The predicted octanol–water partition coefficient (Wildman–Crippen LogP) is 2.50. The van der Waals surface area contributed by atoms with Crippen LogP contribution in [0.25, 0.3) is 0 Å². The Morgan fingerprint density at radius 1 is 1.32 bits per heavy atom. The molecular formula is C17H20N2O3. The molecule has 0 aromatic heterocycles. The van der Waals surface area contributed by atoms with E-state index in [1.807, 2.05) is 19.9 Å². The topological polar surface area (TPSA) is 67.4 Å². The van der Waals surface area contributed by atoms with Crippen LogP contribution in [-0.2, 0) is 11.2 Å². The van der Waals surface area contributed by atoms with Crippen molar-refractivity contribution in [2.75, 3.05) is 11.9 Å². The summed E-state index contributed by atoms with van der Waals surface area (Å²) in [5.74, 6) is 0.612. The van der Waals surface area contributed by atoms with Gasteiger partial charge in [-0.05, 0) is 50.5 Å². The van der Waals surface area contributed by atoms with Crippen LogP contribution in [0.4, 0.5) is 10.5 Å². The molecule has 2 amide bonds. The molecule has 22 heavy (non-hydrogen) atoms. The second-order valence-electron chi connectivity index (χ2n) is 7.07. The van der Waals surface area contributed by atoms with E-state index in [9.17, 15) is 9.59 Å². The highest BCUT2D eigenvalue weighted by molar-refractivity contribution is 6.01. The van der Waals surface area contributed by atoms with E-state index in [2.05, 4.69) is 10.6 Å². The number of urea groups is 1. The summed E-state index contributed by atoms with van der Waals surface area (Å²) in [5.41, 5.74) is 1.99. The molecule has 1 saturated carbocycles. The Morgan fingerprint density at radius 2 is 2.14 bits per heavy atom. The Balaban J connectivity index is 1.46. The molecule has 5 nitrogen and oxygen atoms in total. The summed E-state index contributed by atoms with van der Waals surface area (Å²) in [6.45, 7) is 4.77. The zero-order valence-electron chi connectivity index (χ0n) is 12.9. The summed E-state index contributed by atoms with van der Waals surface area (Å²) >= 11 is 0. The first-order valence-corrected chi connectivity index (χ1v) is 7.80. The smallest absolute Gasteiger partial charge is 0.319 e. The van der Waals surface area contributed by atoms with E-state index < -0.39 is 0 Å². The van der Waals surface area contributed by atoms with Crippen molar-refractivity contribution in [2.24, 2.45) is 5.92 Å². The summed E-state index contributed by atoms with van der Waals surface area (Å²) in [7, 11) is 0. The van der Waals surface area contributed by atoms with Gasteiger partial charge < -0.3 is 15.4 Å². The van der Waals surface area contributed by atoms with E-state index in [1.165, 1.54) is 0 Å². The number of carbonyl (C=O) groups excluding carboxylic acids is 2. The lowest BCUT2D eigenvalue weighted by molar-refractivity contribution is -0.00667. The molecule has 0 bridgehead atoms. The fourth-order valence-electron chi connectivity index (χ4n) is 3.91. The average Bonchev–Trinajstić information content (AvgIpc) is 2.97. The highest BCUT2D eigenvalue weighted by atomic mass is 16.5. The second-order valence-corrected chi connectivity index (χ2v) is 7.07. The van der Waals surface area contributed by atoms with Crippen molar-refractivity contribution in [3.63, 3.8) is 0 Å². The minimum absolute atomic E-state index is 0.190. The number of fused-ring (bicyclic) bond motifs is 2. The molecule has 116 valence electrons. The molecule has 4 rings (SSSR count). The highest BCUT2D eigenvalue weighted by Crippen LogP contribution is 2.57. The molecule has 1 saturated heterocycles. The minimum atomic E-state index is -0.320. The molecule has 1 heterocycles. The fraction of sp³-hybridized carbons (Fsp3) is 0.529. The third-order valence-electron chi connectivity index (χ3n) is 5.45. The second kappa shape index (κ2) is 4.32. The molecule has 1 aromatic carbocycles. The van der Waals surface area contributed by atoms with Crippen molar-refractivity contribution < 1.29 is 14.3 Å². The maximum Gasteiger partial charge on any atom is 0.319 e. The molecule has 0 radical (unpaired) electrons. The normalized spacial score (nSPS) is 30.6. The van der Waals surface area contributed by atoms with Gasteiger partial charge in [-0.15, -0.1) is 0 Å². The van der Waals surface area contributed by atoms with Crippen molar-refractivity contribution in [3.05, 3.63) is 29.3 Å². The first-order valence-electron chi connectivity index (χ1n) is 7.80. The third-order valence-corrected chi connectivity index (χ3v) is 5.45. The van der Waals surface area contributed by atoms with Crippen LogP contribution in [0.2, 0.25) is 0 Å². The number of carbonyl (C=O) groups is 2. The molecule has 2 N–H and O–H groups in total. The lowest BCUT2D eigenvalue weighted by Crippen LogP contribution is -2.52. The summed E-state index contributed by atoms with van der Waals surface area (Å²) in [5, 5.41) is 5.99. The first kappa shape index (κ1) is 13.8. The third kappa shape index (κ3) is 1.88. The van der Waals surface area contributed by atoms with Crippen LogP contribution in [0.15, 0.2) is 18.2 Å². The van der Waals surface area contributed by atoms with Crippen molar-refractivity contribution in [1.82, 2.24) is 5.32 Å². The Morgan fingerprint density at radius 3 is 2.82 bits per heavy atom. The molecule has 2 fully saturated rings. The number of aryl methyl sites for hydroxylation is 1. The summed E-state index contributed by atoms with van der Waals surface area (Å²) in [4.78, 5) is 23.9. The minimum Gasteiger partial charge on any atom is -0.373 e.